The summed E-state index contributed by atoms with van der Waals surface area (Å²) < 4.78 is 10.8. The zero-order valence-electron chi connectivity index (χ0n) is 13.8. The van der Waals surface area contributed by atoms with E-state index >= 15 is 0 Å². The number of primary amides is 1. The van der Waals surface area contributed by atoms with Crippen molar-refractivity contribution in [2.75, 3.05) is 18.6 Å². The number of hydrogen-bond donors (Lipinski definition) is 1. The fourth-order valence-corrected chi connectivity index (χ4v) is 3.08. The minimum Gasteiger partial charge on any atom is -0.497 e. The molecule has 2 N–H and O–H groups in total. The van der Waals surface area contributed by atoms with Gasteiger partial charge in [0.2, 0.25) is 11.8 Å². The summed E-state index contributed by atoms with van der Waals surface area (Å²) >= 11 is 1.58. The van der Waals surface area contributed by atoms with Gasteiger partial charge < -0.3 is 19.8 Å². The van der Waals surface area contributed by atoms with Gasteiger partial charge in [-0.05, 0) is 35.7 Å². The van der Waals surface area contributed by atoms with Crippen LogP contribution in [-0.2, 0) is 11.3 Å². The molecular weight excluding hydrogens is 338 g/mol. The van der Waals surface area contributed by atoms with E-state index in [0.29, 0.717) is 19.0 Å². The van der Waals surface area contributed by atoms with Crippen LogP contribution in [0, 0.1) is 0 Å². The predicted octanol–water partition coefficient (Wildman–Crippen LogP) is 3.29. The number of amides is 1. The largest absolute Gasteiger partial charge is 0.497 e. The van der Waals surface area contributed by atoms with E-state index in [-0.39, 0.29) is 12.3 Å². The van der Waals surface area contributed by atoms with Crippen molar-refractivity contribution < 1.29 is 13.9 Å². The Kier molecular flexibility index (Phi) is 5.35. The molecule has 0 aliphatic heterocycles. The van der Waals surface area contributed by atoms with E-state index in [9.17, 15) is 4.79 Å². The molecule has 0 aliphatic carbocycles. The normalized spacial score (nSPS) is 10.6. The maximum atomic E-state index is 11.2. The van der Waals surface area contributed by atoms with Crippen LogP contribution in [0.1, 0.15) is 12.1 Å². The van der Waals surface area contributed by atoms with Crippen LogP contribution in [0.25, 0.3) is 10.8 Å². The van der Waals surface area contributed by atoms with E-state index in [4.69, 9.17) is 14.9 Å². The van der Waals surface area contributed by atoms with E-state index in [1.54, 1.807) is 24.7 Å². The van der Waals surface area contributed by atoms with Crippen molar-refractivity contribution in [1.29, 1.82) is 0 Å². The smallest absolute Gasteiger partial charge is 0.236 e. The number of nitrogens with two attached hydrogens (primary N) is 1. The minimum atomic E-state index is -0.335. The third kappa shape index (κ3) is 4.39. The number of carbonyl (C=O) groups excluding carboxylic acids is 1. The first-order valence-electron chi connectivity index (χ1n) is 7.81. The first-order chi connectivity index (χ1) is 12.2. The minimum absolute atomic E-state index is 0.266. The van der Waals surface area contributed by atoms with Crippen LogP contribution >= 0.6 is 11.3 Å². The van der Waals surface area contributed by atoms with Crippen molar-refractivity contribution in [3.05, 3.63) is 53.7 Å². The van der Waals surface area contributed by atoms with E-state index in [1.165, 1.54) is 0 Å². The number of benzene rings is 1. The second-order valence-electron chi connectivity index (χ2n) is 5.46. The molecule has 0 atom stereocenters. The number of methoxy groups -OCH3 is 1. The highest BCUT2D eigenvalue weighted by Gasteiger charge is 2.13. The molecule has 3 rings (SSSR count). The Hall–Kier alpha value is -2.80. The van der Waals surface area contributed by atoms with Crippen LogP contribution in [0.15, 0.2) is 52.5 Å². The quantitative estimate of drug-likeness (QED) is 0.669. The molecule has 7 heteroatoms. The Morgan fingerprint density at radius 3 is 2.76 bits per heavy atom. The molecule has 3 aromatic rings. The van der Waals surface area contributed by atoms with Gasteiger partial charge in [-0.3, -0.25) is 4.79 Å². The highest BCUT2D eigenvalue weighted by molar-refractivity contribution is 7.13. The Morgan fingerprint density at radius 2 is 2.12 bits per heavy atom. The van der Waals surface area contributed by atoms with Crippen molar-refractivity contribution in [2.24, 2.45) is 5.73 Å². The van der Waals surface area contributed by atoms with Crippen molar-refractivity contribution >= 4 is 22.9 Å². The molecule has 25 heavy (non-hydrogen) atoms. The summed E-state index contributed by atoms with van der Waals surface area (Å²) in [6.45, 7) is 1.03. The lowest BCUT2D eigenvalue weighted by Crippen LogP contribution is -2.27. The summed E-state index contributed by atoms with van der Waals surface area (Å²) in [6, 6.07) is 11.6. The van der Waals surface area contributed by atoms with Gasteiger partial charge >= 0.3 is 0 Å². The second kappa shape index (κ2) is 7.85. The van der Waals surface area contributed by atoms with Crippen LogP contribution in [0.5, 0.6) is 5.75 Å². The predicted molar refractivity (Wildman–Crippen MR) is 97.7 cm³/mol. The van der Waals surface area contributed by atoms with E-state index in [1.807, 2.05) is 46.7 Å². The number of hydrogen-bond acceptors (Lipinski definition) is 6. The number of carbonyl (C=O) groups is 1. The molecule has 0 radical (unpaired) electrons. The van der Waals surface area contributed by atoms with Gasteiger partial charge in [-0.1, -0.05) is 6.07 Å². The molecule has 0 saturated heterocycles. The van der Waals surface area contributed by atoms with Crippen molar-refractivity contribution in [1.82, 2.24) is 4.98 Å². The number of thiophene rings is 1. The van der Waals surface area contributed by atoms with Crippen LogP contribution in [0.3, 0.4) is 0 Å². The Balaban J connectivity index is 1.78. The average molecular weight is 357 g/mol. The molecule has 6 nitrogen and oxygen atoms in total. The van der Waals surface area contributed by atoms with Crippen LogP contribution in [-0.4, -0.2) is 24.5 Å². The van der Waals surface area contributed by atoms with Crippen molar-refractivity contribution in [2.45, 2.75) is 13.0 Å². The van der Waals surface area contributed by atoms with Gasteiger partial charge in [0.05, 0.1) is 24.2 Å². The number of nitrogens with zero attached hydrogens (tertiary/aromatic N) is 2. The third-order valence-corrected chi connectivity index (χ3v) is 4.56. The maximum absolute atomic E-state index is 11.2. The summed E-state index contributed by atoms with van der Waals surface area (Å²) in [6.07, 6.45) is 1.91. The first kappa shape index (κ1) is 17.0. The average Bonchev–Trinajstić information content (AvgIpc) is 3.30. The molecule has 0 fully saturated rings. The molecular formula is C18H19N3O3S. The lowest BCUT2D eigenvalue weighted by Gasteiger charge is -2.23. The van der Waals surface area contributed by atoms with Gasteiger partial charge in [0, 0.05) is 18.7 Å². The fourth-order valence-electron chi connectivity index (χ4n) is 2.43. The van der Waals surface area contributed by atoms with Gasteiger partial charge in [-0.25, -0.2) is 4.98 Å². The van der Waals surface area contributed by atoms with Crippen molar-refractivity contribution in [3.63, 3.8) is 0 Å². The maximum Gasteiger partial charge on any atom is 0.236 e. The standard InChI is InChI=1S/C18H19N3O3S/c1-23-15-6-4-14(5-7-15)21(9-8-17(19)22)11-13-12-24-18(20-13)16-3-2-10-25-16/h2-7,10,12H,8-9,11H2,1H3,(H2,19,22). The SMILES string of the molecule is COc1ccc(N(CCC(N)=O)Cc2coc(-c3cccs3)n2)cc1. The number of anilines is 1. The molecule has 0 saturated carbocycles. The van der Waals surface area contributed by atoms with Crippen LogP contribution in [0.2, 0.25) is 0 Å². The number of ether oxygens (including phenoxy) is 1. The first-order valence-corrected chi connectivity index (χ1v) is 8.69. The molecule has 0 unspecified atom stereocenters. The monoisotopic (exact) mass is 357 g/mol. The summed E-state index contributed by atoms with van der Waals surface area (Å²) in [7, 11) is 1.63. The van der Waals surface area contributed by atoms with E-state index < -0.39 is 0 Å². The molecule has 0 bridgehead atoms. The summed E-state index contributed by atoms with van der Waals surface area (Å²) in [5, 5.41) is 1.98. The van der Waals surface area contributed by atoms with E-state index in [0.717, 1.165) is 22.0 Å². The van der Waals surface area contributed by atoms with Gasteiger partial charge in [-0.15, -0.1) is 11.3 Å². The summed E-state index contributed by atoms with van der Waals surface area (Å²) in [5.41, 5.74) is 7.06. The van der Waals surface area contributed by atoms with Gasteiger partial charge in [0.1, 0.15) is 12.0 Å². The lowest BCUT2D eigenvalue weighted by molar-refractivity contribution is -0.117. The topological polar surface area (TPSA) is 81.6 Å². The Morgan fingerprint density at radius 1 is 1.32 bits per heavy atom. The molecule has 130 valence electrons. The number of rotatable bonds is 8. The second-order valence-corrected chi connectivity index (χ2v) is 6.40. The Labute approximate surface area is 149 Å². The highest BCUT2D eigenvalue weighted by atomic mass is 32.1. The zero-order chi connectivity index (χ0) is 17.6. The molecule has 1 amide bonds. The molecule has 2 aromatic heterocycles. The van der Waals surface area contributed by atoms with Crippen LogP contribution < -0.4 is 15.4 Å². The third-order valence-electron chi connectivity index (χ3n) is 3.70. The fraction of sp³-hybridized carbons (Fsp3) is 0.222. The highest BCUT2D eigenvalue weighted by Crippen LogP contribution is 2.25. The van der Waals surface area contributed by atoms with Gasteiger partial charge in [0.25, 0.3) is 0 Å². The summed E-state index contributed by atoms with van der Waals surface area (Å²) in [4.78, 5) is 18.8. The molecule has 0 spiro atoms. The molecule has 0 aliphatic rings. The summed E-state index contributed by atoms with van der Waals surface area (Å²) in [5.74, 6) is 1.05. The lowest BCUT2D eigenvalue weighted by atomic mass is 10.2. The number of oxazole rings is 1. The molecule has 2 heterocycles. The van der Waals surface area contributed by atoms with Gasteiger partial charge in [0.15, 0.2) is 0 Å². The molecule has 1 aromatic carbocycles. The van der Waals surface area contributed by atoms with Crippen molar-refractivity contribution in [3.8, 4) is 16.5 Å². The Bertz CT molecular complexity index is 812. The number of aromatic nitrogens is 1. The van der Waals surface area contributed by atoms with Gasteiger partial charge in [-0.2, -0.15) is 0 Å². The zero-order valence-corrected chi connectivity index (χ0v) is 14.7. The van der Waals surface area contributed by atoms with E-state index in [2.05, 4.69) is 4.98 Å². The van der Waals surface area contributed by atoms with Crippen LogP contribution in [0.4, 0.5) is 5.69 Å².